The van der Waals surface area contributed by atoms with E-state index in [2.05, 4.69) is 15.5 Å². The van der Waals surface area contributed by atoms with E-state index in [0.29, 0.717) is 5.02 Å². The predicted octanol–water partition coefficient (Wildman–Crippen LogP) is 3.39. The van der Waals surface area contributed by atoms with E-state index >= 15 is 0 Å². The van der Waals surface area contributed by atoms with Crippen molar-refractivity contribution in [3.8, 4) is 11.4 Å². The molecule has 0 spiro atoms. The lowest BCUT2D eigenvalue weighted by Crippen LogP contribution is -2.24. The third-order valence-electron chi connectivity index (χ3n) is 3.30. The fourth-order valence-corrected chi connectivity index (χ4v) is 2.23. The van der Waals surface area contributed by atoms with Crippen molar-refractivity contribution in [3.63, 3.8) is 0 Å². The lowest BCUT2D eigenvalue weighted by atomic mass is 10.1. The van der Waals surface area contributed by atoms with Crippen LogP contribution in [0.3, 0.4) is 0 Å². The van der Waals surface area contributed by atoms with Crippen LogP contribution >= 0.6 is 11.6 Å². The zero-order valence-corrected chi connectivity index (χ0v) is 13.3. The van der Waals surface area contributed by atoms with Crippen molar-refractivity contribution in [1.82, 2.24) is 15.5 Å². The van der Waals surface area contributed by atoms with E-state index in [-0.39, 0.29) is 36.2 Å². The summed E-state index contributed by atoms with van der Waals surface area (Å²) in [6.45, 7) is 0.0773. The molecule has 0 saturated heterocycles. The highest BCUT2D eigenvalue weighted by Gasteiger charge is 2.13. The standard InChI is InChI=1S/C17H13ClFN3O2/c18-12-7-5-11(6-8-12)9-15(23)20-10-16-21-17(22-24-16)13-3-1-2-4-14(13)19/h1-8H,9-10H2,(H,20,23). The van der Waals surface area contributed by atoms with Crippen molar-refractivity contribution < 1.29 is 13.7 Å². The van der Waals surface area contributed by atoms with Crippen LogP contribution in [0.4, 0.5) is 4.39 Å². The van der Waals surface area contributed by atoms with E-state index in [1.807, 2.05) is 0 Å². The third kappa shape index (κ3) is 3.97. The van der Waals surface area contributed by atoms with Gasteiger partial charge in [0, 0.05) is 5.02 Å². The molecule has 3 rings (SSSR count). The molecule has 0 radical (unpaired) electrons. The molecule has 0 aliphatic heterocycles. The van der Waals surface area contributed by atoms with Crippen molar-refractivity contribution in [2.75, 3.05) is 0 Å². The first-order valence-corrected chi connectivity index (χ1v) is 7.58. The van der Waals surface area contributed by atoms with Gasteiger partial charge >= 0.3 is 0 Å². The Balaban J connectivity index is 1.58. The first-order valence-electron chi connectivity index (χ1n) is 7.20. The fraction of sp³-hybridized carbons (Fsp3) is 0.118. The van der Waals surface area contributed by atoms with Gasteiger partial charge in [-0.25, -0.2) is 4.39 Å². The zero-order chi connectivity index (χ0) is 16.9. The van der Waals surface area contributed by atoms with Crippen LogP contribution in [0.25, 0.3) is 11.4 Å². The molecule has 1 aromatic heterocycles. The average Bonchev–Trinajstić information content (AvgIpc) is 3.04. The highest BCUT2D eigenvalue weighted by molar-refractivity contribution is 6.30. The minimum absolute atomic E-state index is 0.0773. The third-order valence-corrected chi connectivity index (χ3v) is 3.55. The summed E-state index contributed by atoms with van der Waals surface area (Å²) in [6.07, 6.45) is 0.214. The number of nitrogens with zero attached hydrogens (tertiary/aromatic N) is 2. The number of nitrogens with one attached hydrogen (secondary N) is 1. The van der Waals surface area contributed by atoms with E-state index in [1.54, 1.807) is 42.5 Å². The molecule has 5 nitrogen and oxygen atoms in total. The number of benzene rings is 2. The molecule has 0 atom stereocenters. The molecule has 1 heterocycles. The Morgan fingerprint density at radius 1 is 1.17 bits per heavy atom. The maximum Gasteiger partial charge on any atom is 0.246 e. The van der Waals surface area contributed by atoms with Crippen LogP contribution in [-0.2, 0) is 17.8 Å². The van der Waals surface area contributed by atoms with Crippen LogP contribution in [0.2, 0.25) is 5.02 Å². The summed E-state index contributed by atoms with van der Waals surface area (Å²) in [4.78, 5) is 16.0. The molecule has 7 heteroatoms. The van der Waals surface area contributed by atoms with Crippen molar-refractivity contribution in [1.29, 1.82) is 0 Å². The van der Waals surface area contributed by atoms with Crippen LogP contribution in [0.1, 0.15) is 11.5 Å². The van der Waals surface area contributed by atoms with Crippen LogP contribution < -0.4 is 5.32 Å². The first kappa shape index (κ1) is 16.1. The SMILES string of the molecule is O=C(Cc1ccc(Cl)cc1)NCc1nc(-c2ccccc2F)no1. The molecule has 2 aromatic carbocycles. The zero-order valence-electron chi connectivity index (χ0n) is 12.5. The molecule has 0 aliphatic rings. The maximum atomic E-state index is 13.7. The number of carbonyl (C=O) groups excluding carboxylic acids is 1. The smallest absolute Gasteiger partial charge is 0.246 e. The lowest BCUT2D eigenvalue weighted by molar-refractivity contribution is -0.120. The quantitative estimate of drug-likeness (QED) is 0.769. The highest BCUT2D eigenvalue weighted by Crippen LogP contribution is 2.19. The Morgan fingerprint density at radius 3 is 2.67 bits per heavy atom. The molecule has 0 saturated carbocycles. The predicted molar refractivity (Wildman–Crippen MR) is 86.7 cm³/mol. The van der Waals surface area contributed by atoms with Crippen molar-refractivity contribution in [2.45, 2.75) is 13.0 Å². The minimum atomic E-state index is -0.434. The number of rotatable bonds is 5. The second kappa shape index (κ2) is 7.23. The highest BCUT2D eigenvalue weighted by atomic mass is 35.5. The molecule has 3 aromatic rings. The molecule has 1 N–H and O–H groups in total. The fourth-order valence-electron chi connectivity index (χ4n) is 2.10. The molecule has 0 bridgehead atoms. The summed E-state index contributed by atoms with van der Waals surface area (Å²) in [7, 11) is 0. The number of hydrogen-bond donors (Lipinski definition) is 1. The van der Waals surface area contributed by atoms with Gasteiger partial charge in [-0.1, -0.05) is 41.0 Å². The monoisotopic (exact) mass is 345 g/mol. The summed E-state index contributed by atoms with van der Waals surface area (Å²) in [6, 6.07) is 13.2. The van der Waals surface area contributed by atoms with Gasteiger partial charge in [-0.3, -0.25) is 4.79 Å². The lowest BCUT2D eigenvalue weighted by Gasteiger charge is -2.02. The maximum absolute atomic E-state index is 13.7. The van der Waals surface area contributed by atoms with Gasteiger partial charge < -0.3 is 9.84 Å². The van der Waals surface area contributed by atoms with Gasteiger partial charge in [0.05, 0.1) is 18.5 Å². The summed E-state index contributed by atoms with van der Waals surface area (Å²) >= 11 is 5.80. The second-order valence-electron chi connectivity index (χ2n) is 5.07. The van der Waals surface area contributed by atoms with Gasteiger partial charge in [-0.05, 0) is 29.8 Å². The van der Waals surface area contributed by atoms with Crippen molar-refractivity contribution >= 4 is 17.5 Å². The van der Waals surface area contributed by atoms with Crippen LogP contribution in [0.15, 0.2) is 53.1 Å². The van der Waals surface area contributed by atoms with Gasteiger partial charge in [-0.15, -0.1) is 0 Å². The first-order chi connectivity index (χ1) is 11.6. The molecular formula is C17H13ClFN3O2. The molecular weight excluding hydrogens is 333 g/mol. The largest absolute Gasteiger partial charge is 0.347 e. The summed E-state index contributed by atoms with van der Waals surface area (Å²) in [5.41, 5.74) is 1.09. The van der Waals surface area contributed by atoms with Gasteiger partial charge in [0.1, 0.15) is 5.82 Å². The summed E-state index contributed by atoms with van der Waals surface area (Å²) in [5.74, 6) is -0.271. The normalized spacial score (nSPS) is 10.6. The Bertz CT molecular complexity index is 849. The van der Waals surface area contributed by atoms with Crippen LogP contribution in [0, 0.1) is 5.82 Å². The molecule has 122 valence electrons. The number of hydrogen-bond acceptors (Lipinski definition) is 4. The van der Waals surface area contributed by atoms with Crippen molar-refractivity contribution in [3.05, 3.63) is 70.8 Å². The molecule has 24 heavy (non-hydrogen) atoms. The van der Waals surface area contributed by atoms with Crippen molar-refractivity contribution in [2.24, 2.45) is 0 Å². The molecule has 1 amide bonds. The topological polar surface area (TPSA) is 68.0 Å². The summed E-state index contributed by atoms with van der Waals surface area (Å²) < 4.78 is 18.7. The number of amides is 1. The Labute approximate surface area is 142 Å². The van der Waals surface area contributed by atoms with E-state index in [4.69, 9.17) is 16.1 Å². The van der Waals surface area contributed by atoms with Gasteiger partial charge in [0.15, 0.2) is 0 Å². The Hall–Kier alpha value is -2.73. The summed E-state index contributed by atoms with van der Waals surface area (Å²) in [5, 5.41) is 7.02. The Kier molecular flexibility index (Phi) is 4.86. The van der Waals surface area contributed by atoms with E-state index < -0.39 is 5.82 Å². The van der Waals surface area contributed by atoms with Gasteiger partial charge in [0.25, 0.3) is 0 Å². The number of aromatic nitrogens is 2. The van der Waals surface area contributed by atoms with Crippen LogP contribution in [-0.4, -0.2) is 16.0 Å². The van der Waals surface area contributed by atoms with Crippen LogP contribution in [0.5, 0.6) is 0 Å². The minimum Gasteiger partial charge on any atom is -0.347 e. The number of carbonyl (C=O) groups is 1. The van der Waals surface area contributed by atoms with E-state index in [0.717, 1.165) is 5.56 Å². The number of halogens is 2. The molecule has 0 fully saturated rings. The average molecular weight is 346 g/mol. The molecule has 0 aliphatic carbocycles. The van der Waals surface area contributed by atoms with Gasteiger partial charge in [-0.2, -0.15) is 4.98 Å². The molecule has 0 unspecified atom stereocenters. The van der Waals surface area contributed by atoms with E-state index in [1.165, 1.54) is 6.07 Å². The van der Waals surface area contributed by atoms with Gasteiger partial charge in [0.2, 0.25) is 17.6 Å². The second-order valence-corrected chi connectivity index (χ2v) is 5.51. The Morgan fingerprint density at radius 2 is 1.92 bits per heavy atom. The van der Waals surface area contributed by atoms with E-state index in [9.17, 15) is 9.18 Å².